The molecule has 0 radical (unpaired) electrons. The van der Waals surface area contributed by atoms with Crippen molar-refractivity contribution in [1.82, 2.24) is 13.3 Å². The molecule has 0 bridgehead atoms. The average molecular weight is 189 g/mol. The standard InChI is InChI=1S/C9H7N3S/c1-12-7-5-3-2-4-6(7)8-9(12)11-13-10-8/h2-5H,1H3. The summed E-state index contributed by atoms with van der Waals surface area (Å²) in [5, 5.41) is 1.19. The van der Waals surface area contributed by atoms with Gasteiger partial charge >= 0.3 is 0 Å². The van der Waals surface area contributed by atoms with Crippen molar-refractivity contribution in [3.63, 3.8) is 0 Å². The molecule has 3 nitrogen and oxygen atoms in total. The molecule has 4 heteroatoms. The highest BCUT2D eigenvalue weighted by molar-refractivity contribution is 7.00. The molecule has 0 aliphatic heterocycles. The number of hydrogen-bond donors (Lipinski definition) is 0. The van der Waals surface area contributed by atoms with Gasteiger partial charge in [-0.25, -0.2) is 0 Å². The number of rotatable bonds is 0. The predicted molar refractivity (Wildman–Crippen MR) is 53.9 cm³/mol. The second kappa shape index (κ2) is 2.29. The van der Waals surface area contributed by atoms with Gasteiger partial charge in [0.05, 0.1) is 17.2 Å². The number of benzene rings is 1. The van der Waals surface area contributed by atoms with Crippen molar-refractivity contribution in [3.8, 4) is 0 Å². The van der Waals surface area contributed by atoms with E-state index in [0.717, 1.165) is 11.2 Å². The van der Waals surface area contributed by atoms with Crippen LogP contribution in [0.15, 0.2) is 24.3 Å². The lowest BCUT2D eigenvalue weighted by atomic mass is 10.2. The first kappa shape index (κ1) is 7.03. The molecule has 0 N–H and O–H groups in total. The third-order valence-corrected chi connectivity index (χ3v) is 2.83. The molecule has 3 rings (SSSR count). The second-order valence-corrected chi connectivity index (χ2v) is 3.54. The third-order valence-electron chi connectivity index (χ3n) is 2.31. The maximum atomic E-state index is 4.28. The number of fused-ring (bicyclic) bond motifs is 3. The van der Waals surface area contributed by atoms with E-state index in [4.69, 9.17) is 0 Å². The molecule has 3 aromatic rings. The molecular weight excluding hydrogens is 182 g/mol. The zero-order chi connectivity index (χ0) is 8.84. The molecule has 0 unspecified atom stereocenters. The van der Waals surface area contributed by atoms with Crippen molar-refractivity contribution in [3.05, 3.63) is 24.3 Å². The predicted octanol–water partition coefficient (Wildman–Crippen LogP) is 2.18. The SMILES string of the molecule is Cn1c2ccccc2c2nsnc21. The van der Waals surface area contributed by atoms with Gasteiger partial charge < -0.3 is 4.57 Å². The Bertz CT molecular complexity index is 579. The Hall–Kier alpha value is -1.42. The van der Waals surface area contributed by atoms with Crippen molar-refractivity contribution >= 4 is 33.8 Å². The molecule has 64 valence electrons. The molecule has 0 aliphatic carbocycles. The summed E-state index contributed by atoms with van der Waals surface area (Å²) in [4.78, 5) is 0. The largest absolute Gasteiger partial charge is 0.326 e. The molecule has 0 saturated carbocycles. The van der Waals surface area contributed by atoms with Crippen LogP contribution < -0.4 is 0 Å². The molecule has 2 aromatic heterocycles. The fourth-order valence-corrected chi connectivity index (χ4v) is 2.24. The van der Waals surface area contributed by atoms with Crippen LogP contribution in [-0.2, 0) is 7.05 Å². The highest BCUT2D eigenvalue weighted by Crippen LogP contribution is 2.25. The zero-order valence-electron chi connectivity index (χ0n) is 7.06. The van der Waals surface area contributed by atoms with Gasteiger partial charge in [-0.3, -0.25) is 0 Å². The van der Waals surface area contributed by atoms with Gasteiger partial charge in [0.2, 0.25) is 0 Å². The van der Waals surface area contributed by atoms with E-state index >= 15 is 0 Å². The van der Waals surface area contributed by atoms with E-state index in [1.807, 2.05) is 19.2 Å². The number of hydrogen-bond acceptors (Lipinski definition) is 3. The van der Waals surface area contributed by atoms with E-state index in [-0.39, 0.29) is 0 Å². The van der Waals surface area contributed by atoms with Gasteiger partial charge in [-0.05, 0) is 6.07 Å². The minimum atomic E-state index is 0.978. The highest BCUT2D eigenvalue weighted by atomic mass is 32.1. The number of nitrogens with zero attached hydrogens (tertiary/aromatic N) is 3. The summed E-state index contributed by atoms with van der Waals surface area (Å²) in [7, 11) is 2.02. The van der Waals surface area contributed by atoms with E-state index in [1.54, 1.807) is 0 Å². The first-order valence-corrected chi connectivity index (χ1v) is 4.76. The van der Waals surface area contributed by atoms with Crippen LogP contribution in [-0.4, -0.2) is 13.3 Å². The summed E-state index contributed by atoms with van der Waals surface area (Å²) in [5.74, 6) is 0. The first-order valence-electron chi connectivity index (χ1n) is 4.03. The fraction of sp³-hybridized carbons (Fsp3) is 0.111. The van der Waals surface area contributed by atoms with Crippen LogP contribution >= 0.6 is 11.7 Å². The summed E-state index contributed by atoms with van der Waals surface area (Å²) < 4.78 is 10.6. The topological polar surface area (TPSA) is 30.7 Å². The molecule has 0 amide bonds. The van der Waals surface area contributed by atoms with Crippen LogP contribution in [0.1, 0.15) is 0 Å². The minimum absolute atomic E-state index is 0.978. The maximum Gasteiger partial charge on any atom is 0.174 e. The fourth-order valence-electron chi connectivity index (χ4n) is 1.65. The van der Waals surface area contributed by atoms with Gasteiger partial charge in [-0.15, -0.1) is 0 Å². The number of aryl methyl sites for hydroxylation is 1. The quantitative estimate of drug-likeness (QED) is 0.542. The zero-order valence-corrected chi connectivity index (χ0v) is 7.88. The first-order chi connectivity index (χ1) is 6.38. The summed E-state index contributed by atoms with van der Waals surface area (Å²) in [6.45, 7) is 0. The molecule has 0 fully saturated rings. The summed E-state index contributed by atoms with van der Waals surface area (Å²) >= 11 is 1.27. The molecule has 1 aromatic carbocycles. The second-order valence-electron chi connectivity index (χ2n) is 3.01. The molecule has 2 heterocycles. The van der Waals surface area contributed by atoms with Crippen molar-refractivity contribution in [2.24, 2.45) is 7.05 Å². The molecule has 13 heavy (non-hydrogen) atoms. The van der Waals surface area contributed by atoms with Crippen LogP contribution in [0.3, 0.4) is 0 Å². The van der Waals surface area contributed by atoms with Gasteiger partial charge in [0.1, 0.15) is 5.52 Å². The van der Waals surface area contributed by atoms with E-state index in [0.29, 0.717) is 0 Å². The van der Waals surface area contributed by atoms with Gasteiger partial charge in [0.15, 0.2) is 5.65 Å². The Balaban J connectivity index is 2.72. The van der Waals surface area contributed by atoms with Crippen LogP contribution in [0.5, 0.6) is 0 Å². The molecule has 0 atom stereocenters. The van der Waals surface area contributed by atoms with Crippen molar-refractivity contribution in [1.29, 1.82) is 0 Å². The van der Waals surface area contributed by atoms with E-state index < -0.39 is 0 Å². The Morgan fingerprint density at radius 1 is 1.23 bits per heavy atom. The van der Waals surface area contributed by atoms with E-state index in [1.165, 1.54) is 22.6 Å². The van der Waals surface area contributed by atoms with Gasteiger partial charge in [0.25, 0.3) is 0 Å². The Morgan fingerprint density at radius 3 is 3.00 bits per heavy atom. The van der Waals surface area contributed by atoms with Crippen LogP contribution in [0, 0.1) is 0 Å². The average Bonchev–Trinajstić information content (AvgIpc) is 2.72. The molecular formula is C9H7N3S. The normalized spacial score (nSPS) is 11.5. The summed E-state index contributed by atoms with van der Waals surface area (Å²) in [6.07, 6.45) is 0. The van der Waals surface area contributed by atoms with Crippen molar-refractivity contribution in [2.75, 3.05) is 0 Å². The van der Waals surface area contributed by atoms with E-state index in [2.05, 4.69) is 25.4 Å². The molecule has 0 aliphatic rings. The Labute approximate surface area is 78.9 Å². The van der Waals surface area contributed by atoms with Gasteiger partial charge in [-0.1, -0.05) is 18.2 Å². The van der Waals surface area contributed by atoms with Crippen LogP contribution in [0.2, 0.25) is 0 Å². The number of para-hydroxylation sites is 1. The van der Waals surface area contributed by atoms with Crippen LogP contribution in [0.4, 0.5) is 0 Å². The lowest BCUT2D eigenvalue weighted by molar-refractivity contribution is 1.000. The van der Waals surface area contributed by atoms with Crippen LogP contribution in [0.25, 0.3) is 22.1 Å². The van der Waals surface area contributed by atoms with Gasteiger partial charge in [-0.2, -0.15) is 8.75 Å². The lowest BCUT2D eigenvalue weighted by Gasteiger charge is -1.93. The third kappa shape index (κ3) is 0.781. The van der Waals surface area contributed by atoms with E-state index in [9.17, 15) is 0 Å². The lowest BCUT2D eigenvalue weighted by Crippen LogP contribution is -1.85. The molecule has 0 spiro atoms. The number of aromatic nitrogens is 3. The minimum Gasteiger partial charge on any atom is -0.326 e. The Kier molecular flexibility index (Phi) is 1.24. The maximum absolute atomic E-state index is 4.28. The monoisotopic (exact) mass is 189 g/mol. The van der Waals surface area contributed by atoms with Gasteiger partial charge in [0, 0.05) is 12.4 Å². The Morgan fingerprint density at radius 2 is 2.08 bits per heavy atom. The summed E-state index contributed by atoms with van der Waals surface area (Å²) in [6, 6.07) is 8.23. The van der Waals surface area contributed by atoms with Crippen molar-refractivity contribution < 1.29 is 0 Å². The summed E-state index contributed by atoms with van der Waals surface area (Å²) in [5.41, 5.74) is 3.19. The highest BCUT2D eigenvalue weighted by Gasteiger charge is 2.09. The van der Waals surface area contributed by atoms with Crippen molar-refractivity contribution in [2.45, 2.75) is 0 Å². The molecule has 0 saturated heterocycles. The smallest absolute Gasteiger partial charge is 0.174 e.